The zero-order chi connectivity index (χ0) is 17.7. The molecule has 1 N–H and O–H groups in total. The van der Waals surface area contributed by atoms with Crippen molar-refractivity contribution < 1.29 is 23.9 Å². The number of pyridine rings is 1. The lowest BCUT2D eigenvalue weighted by Gasteiger charge is -2.13. The van der Waals surface area contributed by atoms with Crippen molar-refractivity contribution in [3.05, 3.63) is 65.1 Å². The van der Waals surface area contributed by atoms with Crippen LogP contribution in [0.4, 0.5) is 5.69 Å². The Hall–Kier alpha value is -3.22. The number of carbonyl (C=O) groups excluding carboxylic acids is 3. The summed E-state index contributed by atoms with van der Waals surface area (Å²) in [4.78, 5) is 35.3. The molecule has 124 valence electrons. The molecule has 0 aliphatic heterocycles. The second-order valence-electron chi connectivity index (χ2n) is 5.09. The summed E-state index contributed by atoms with van der Waals surface area (Å²) in [6, 6.07) is 10.7. The van der Waals surface area contributed by atoms with Crippen LogP contribution in [-0.2, 0) is 9.53 Å². The number of ether oxygens (including phenoxy) is 1. The molecule has 2 rings (SSSR count). The van der Waals surface area contributed by atoms with Crippen LogP contribution in [0.25, 0.3) is 0 Å². The highest BCUT2D eigenvalue weighted by Crippen LogP contribution is 2.12. The van der Waals surface area contributed by atoms with Gasteiger partial charge in [0, 0.05) is 23.4 Å². The van der Waals surface area contributed by atoms with E-state index in [4.69, 9.17) is 4.74 Å². The molecule has 1 atom stereocenters. The molecule has 1 aromatic heterocycles. The monoisotopic (exact) mass is 328 g/mol. The summed E-state index contributed by atoms with van der Waals surface area (Å²) in [5.74, 6) is -1.60. The van der Waals surface area contributed by atoms with Gasteiger partial charge in [-0.25, -0.2) is 4.79 Å². The summed E-state index contributed by atoms with van der Waals surface area (Å²) in [6.45, 7) is 2.81. The second-order valence-corrected chi connectivity index (χ2v) is 5.09. The molecule has 0 aliphatic rings. The van der Waals surface area contributed by atoms with Gasteiger partial charge in [-0.05, 0) is 32.0 Å². The molecule has 7 nitrogen and oxygen atoms in total. The van der Waals surface area contributed by atoms with Gasteiger partial charge in [0.15, 0.2) is 18.1 Å². The van der Waals surface area contributed by atoms with Crippen molar-refractivity contribution in [3.63, 3.8) is 0 Å². The van der Waals surface area contributed by atoms with E-state index < -0.39 is 18.0 Å². The highest BCUT2D eigenvalue weighted by molar-refractivity contribution is 5.99. The number of benzene rings is 1. The number of nitrogens with zero attached hydrogens (tertiary/aromatic N) is 1. The number of anilines is 1. The average Bonchev–Trinajstić information content (AvgIpc) is 2.55. The third kappa shape index (κ3) is 4.16. The van der Waals surface area contributed by atoms with E-state index >= 15 is 0 Å². The fourth-order valence-corrected chi connectivity index (χ4v) is 1.92. The summed E-state index contributed by atoms with van der Waals surface area (Å²) in [7, 11) is 0. The van der Waals surface area contributed by atoms with Crippen molar-refractivity contribution in [2.75, 3.05) is 5.32 Å². The second kappa shape index (κ2) is 7.36. The number of aromatic nitrogens is 1. The normalized spacial score (nSPS) is 11.4. The zero-order valence-electron chi connectivity index (χ0n) is 13.2. The van der Waals surface area contributed by atoms with Crippen molar-refractivity contribution in [1.82, 2.24) is 0 Å². The maximum atomic E-state index is 12.1. The van der Waals surface area contributed by atoms with Crippen molar-refractivity contribution >= 4 is 23.3 Å². The van der Waals surface area contributed by atoms with E-state index in [9.17, 15) is 19.6 Å². The van der Waals surface area contributed by atoms with E-state index in [1.165, 1.54) is 38.1 Å². The number of nitrogens with one attached hydrogen (secondary N) is 1. The smallest absolute Gasteiger partial charge is 0.405 e. The van der Waals surface area contributed by atoms with Crippen LogP contribution in [0.1, 0.15) is 34.7 Å². The number of amides is 1. The summed E-state index contributed by atoms with van der Waals surface area (Å²) < 4.78 is 5.35. The maximum absolute atomic E-state index is 12.1. The molecule has 24 heavy (non-hydrogen) atoms. The number of esters is 1. The first-order valence-corrected chi connectivity index (χ1v) is 7.19. The Morgan fingerprint density at radius 3 is 2.58 bits per heavy atom. The number of ketones is 1. The van der Waals surface area contributed by atoms with Crippen LogP contribution in [0, 0.1) is 5.21 Å². The van der Waals surface area contributed by atoms with Crippen LogP contribution in [0.3, 0.4) is 0 Å². The first kappa shape index (κ1) is 17.1. The molecule has 1 amide bonds. The number of carbonyl (C=O) groups is 3. The number of hydrogen-bond donors (Lipinski definition) is 1. The van der Waals surface area contributed by atoms with Crippen LogP contribution in [0.5, 0.6) is 0 Å². The highest BCUT2D eigenvalue weighted by Gasteiger charge is 2.23. The summed E-state index contributed by atoms with van der Waals surface area (Å²) >= 11 is 0. The summed E-state index contributed by atoms with van der Waals surface area (Å²) in [5.41, 5.74) is 0.652. The Labute approximate surface area is 138 Å². The van der Waals surface area contributed by atoms with Crippen LogP contribution in [0.2, 0.25) is 0 Å². The van der Waals surface area contributed by atoms with Crippen LogP contribution in [0.15, 0.2) is 48.7 Å². The number of rotatable bonds is 5. The Bertz CT molecular complexity index is 788. The average molecular weight is 328 g/mol. The zero-order valence-corrected chi connectivity index (χ0v) is 13.2. The molecule has 0 fully saturated rings. The molecule has 0 spiro atoms. The van der Waals surface area contributed by atoms with Gasteiger partial charge in [-0.1, -0.05) is 12.1 Å². The quantitative estimate of drug-likeness (QED) is 0.390. The Kier molecular flexibility index (Phi) is 5.26. The van der Waals surface area contributed by atoms with Gasteiger partial charge in [0.25, 0.3) is 5.91 Å². The van der Waals surface area contributed by atoms with Gasteiger partial charge in [0.05, 0.1) is 0 Å². The Morgan fingerprint density at radius 1 is 1.17 bits per heavy atom. The summed E-state index contributed by atoms with van der Waals surface area (Å²) in [5, 5.41) is 14.0. The Morgan fingerprint density at radius 2 is 1.92 bits per heavy atom. The third-order valence-electron chi connectivity index (χ3n) is 3.22. The lowest BCUT2D eigenvalue weighted by atomic mass is 10.1. The van der Waals surface area contributed by atoms with Gasteiger partial charge in [-0.2, -0.15) is 4.73 Å². The predicted molar refractivity (Wildman–Crippen MR) is 85.4 cm³/mol. The van der Waals surface area contributed by atoms with Gasteiger partial charge < -0.3 is 15.3 Å². The molecule has 7 heteroatoms. The van der Waals surface area contributed by atoms with Gasteiger partial charge >= 0.3 is 11.7 Å². The van der Waals surface area contributed by atoms with E-state index in [1.54, 1.807) is 18.2 Å². The minimum absolute atomic E-state index is 0.130. The lowest BCUT2D eigenvalue weighted by molar-refractivity contribution is -0.608. The van der Waals surface area contributed by atoms with E-state index in [1.807, 2.05) is 0 Å². The molecule has 0 radical (unpaired) electrons. The Balaban J connectivity index is 2.02. The molecule has 0 bridgehead atoms. The molecule has 0 aliphatic carbocycles. The minimum Gasteiger partial charge on any atom is -0.618 e. The third-order valence-corrected chi connectivity index (χ3v) is 3.22. The fraction of sp³-hybridized carbons (Fsp3) is 0.176. The molecular weight excluding hydrogens is 312 g/mol. The van der Waals surface area contributed by atoms with Crippen molar-refractivity contribution in [3.8, 4) is 0 Å². The minimum atomic E-state index is -1.11. The predicted octanol–water partition coefficient (Wildman–Crippen LogP) is 1.71. The largest absolute Gasteiger partial charge is 0.618 e. The van der Waals surface area contributed by atoms with Crippen molar-refractivity contribution in [2.24, 2.45) is 0 Å². The van der Waals surface area contributed by atoms with Crippen LogP contribution in [-0.4, -0.2) is 23.8 Å². The molecule has 0 saturated heterocycles. The van der Waals surface area contributed by atoms with E-state index in [2.05, 4.69) is 5.32 Å². The molecule has 2 aromatic rings. The van der Waals surface area contributed by atoms with Crippen molar-refractivity contribution in [1.29, 1.82) is 0 Å². The molecule has 0 unspecified atom stereocenters. The highest BCUT2D eigenvalue weighted by atomic mass is 16.6. The van der Waals surface area contributed by atoms with Crippen LogP contribution >= 0.6 is 0 Å². The van der Waals surface area contributed by atoms with Gasteiger partial charge in [0.1, 0.15) is 0 Å². The fourth-order valence-electron chi connectivity index (χ4n) is 1.92. The molecule has 0 saturated carbocycles. The molecular formula is C17H16N2O5. The van der Waals surface area contributed by atoms with E-state index in [0.29, 0.717) is 16.0 Å². The summed E-state index contributed by atoms with van der Waals surface area (Å²) in [6.07, 6.45) is 0.0490. The van der Waals surface area contributed by atoms with Crippen molar-refractivity contribution in [2.45, 2.75) is 20.0 Å². The molecule has 1 aromatic carbocycles. The van der Waals surface area contributed by atoms with E-state index in [-0.39, 0.29) is 11.5 Å². The van der Waals surface area contributed by atoms with E-state index in [0.717, 1.165) is 6.20 Å². The SMILES string of the molecule is CC(=O)c1cccc(NC(=O)[C@H](C)OC(=O)c2cccc[n+]2[O-])c1. The lowest BCUT2D eigenvalue weighted by Crippen LogP contribution is -2.37. The van der Waals surface area contributed by atoms with Gasteiger partial charge in [-0.3, -0.25) is 9.59 Å². The number of hydrogen-bond acceptors (Lipinski definition) is 5. The number of Topliss-reactive ketones (excluding diaryl/α,β-unsaturated/α-hetero) is 1. The molecule has 1 heterocycles. The van der Waals surface area contributed by atoms with Crippen LogP contribution < -0.4 is 10.0 Å². The first-order valence-electron chi connectivity index (χ1n) is 7.19. The van der Waals surface area contributed by atoms with Gasteiger partial charge in [0.2, 0.25) is 0 Å². The maximum Gasteiger partial charge on any atom is 0.405 e. The topological polar surface area (TPSA) is 99.4 Å². The van der Waals surface area contributed by atoms with Gasteiger partial charge in [-0.15, -0.1) is 0 Å². The first-order chi connectivity index (χ1) is 11.4. The standard InChI is InChI=1S/C17H16N2O5/c1-11(20)13-6-5-7-14(10-13)18-16(21)12(2)24-17(22)15-8-3-4-9-19(15)23/h3-10,12H,1-2H3,(H,18,21)/t12-/m0/s1.